The maximum atomic E-state index is 12.5. The molecule has 1 aliphatic rings. The Kier molecular flexibility index (Phi) is 6.04. The average Bonchev–Trinajstić information content (AvgIpc) is 2.35. The van der Waals surface area contributed by atoms with E-state index in [0.717, 1.165) is 12.8 Å². The Morgan fingerprint density at radius 2 is 1.89 bits per heavy atom. The molecule has 18 heavy (non-hydrogen) atoms. The fourth-order valence-electron chi connectivity index (χ4n) is 2.33. The second-order valence-electron chi connectivity index (χ2n) is 5.43. The first-order valence-corrected chi connectivity index (χ1v) is 8.26. The molecule has 1 aliphatic heterocycles. The van der Waals surface area contributed by atoms with Gasteiger partial charge in [-0.05, 0) is 31.2 Å². The van der Waals surface area contributed by atoms with Crippen molar-refractivity contribution in [3.8, 4) is 0 Å². The molecule has 0 spiro atoms. The van der Waals surface area contributed by atoms with Crippen molar-refractivity contribution in [2.75, 3.05) is 32.7 Å². The van der Waals surface area contributed by atoms with E-state index in [1.165, 1.54) is 0 Å². The molecule has 1 rings (SSSR count). The molecule has 1 heterocycles. The Morgan fingerprint density at radius 1 is 1.33 bits per heavy atom. The van der Waals surface area contributed by atoms with Gasteiger partial charge in [-0.2, -0.15) is 17.0 Å². The van der Waals surface area contributed by atoms with Crippen LogP contribution in [0.4, 0.5) is 0 Å². The molecule has 5 nitrogen and oxygen atoms in total. The van der Waals surface area contributed by atoms with Gasteiger partial charge in [-0.15, -0.1) is 0 Å². The molecular weight excluding hydrogens is 250 g/mol. The molecule has 1 saturated heterocycles. The van der Waals surface area contributed by atoms with Crippen LogP contribution in [0.25, 0.3) is 0 Å². The molecule has 6 heteroatoms. The minimum absolute atomic E-state index is 0.348. The van der Waals surface area contributed by atoms with Crippen molar-refractivity contribution >= 4 is 10.2 Å². The number of nitrogens with zero attached hydrogens (tertiary/aromatic N) is 2. The van der Waals surface area contributed by atoms with Crippen LogP contribution >= 0.6 is 0 Å². The summed E-state index contributed by atoms with van der Waals surface area (Å²) in [7, 11) is -3.28. The minimum atomic E-state index is -3.28. The third-order valence-corrected chi connectivity index (χ3v) is 5.56. The minimum Gasteiger partial charge on any atom is -0.330 e. The highest BCUT2D eigenvalue weighted by molar-refractivity contribution is 7.86. The molecule has 0 unspecified atom stereocenters. The predicted octanol–water partition coefficient (Wildman–Crippen LogP) is 0.880. The molecule has 0 bridgehead atoms. The van der Waals surface area contributed by atoms with Gasteiger partial charge in [0.15, 0.2) is 0 Å². The quantitative estimate of drug-likeness (QED) is 0.784. The molecule has 0 aromatic rings. The smallest absolute Gasteiger partial charge is 0.281 e. The van der Waals surface area contributed by atoms with Crippen molar-refractivity contribution in [2.45, 2.75) is 33.6 Å². The summed E-state index contributed by atoms with van der Waals surface area (Å²) in [4.78, 5) is 0. The molecule has 108 valence electrons. The Bertz CT molecular complexity index is 335. The van der Waals surface area contributed by atoms with E-state index in [-0.39, 0.29) is 0 Å². The first-order valence-electron chi connectivity index (χ1n) is 6.87. The molecule has 0 atom stereocenters. The van der Waals surface area contributed by atoms with E-state index < -0.39 is 10.2 Å². The molecule has 0 aliphatic carbocycles. The summed E-state index contributed by atoms with van der Waals surface area (Å²) >= 11 is 0. The molecule has 0 radical (unpaired) electrons. The normalized spacial score (nSPS) is 19.9. The van der Waals surface area contributed by atoms with Crippen molar-refractivity contribution in [2.24, 2.45) is 17.6 Å². The van der Waals surface area contributed by atoms with Crippen molar-refractivity contribution in [1.29, 1.82) is 0 Å². The number of rotatable bonds is 6. The summed E-state index contributed by atoms with van der Waals surface area (Å²) in [5.41, 5.74) is 5.63. The Hall–Kier alpha value is -0.170. The largest absolute Gasteiger partial charge is 0.330 e. The summed E-state index contributed by atoms with van der Waals surface area (Å²) in [6, 6.07) is 0. The van der Waals surface area contributed by atoms with Crippen molar-refractivity contribution in [3.63, 3.8) is 0 Å². The monoisotopic (exact) mass is 277 g/mol. The van der Waals surface area contributed by atoms with E-state index >= 15 is 0 Å². The summed E-state index contributed by atoms with van der Waals surface area (Å²) in [5.74, 6) is 0.831. The number of piperidine rings is 1. The third kappa shape index (κ3) is 3.91. The lowest BCUT2D eigenvalue weighted by atomic mass is 9.99. The van der Waals surface area contributed by atoms with E-state index in [1.807, 2.05) is 20.8 Å². The number of hydrogen-bond donors (Lipinski definition) is 1. The first kappa shape index (κ1) is 15.9. The van der Waals surface area contributed by atoms with Gasteiger partial charge in [0.25, 0.3) is 10.2 Å². The predicted molar refractivity (Wildman–Crippen MR) is 74.4 cm³/mol. The number of nitrogens with two attached hydrogens (primary N) is 1. The van der Waals surface area contributed by atoms with Crippen LogP contribution in [0, 0.1) is 11.8 Å². The highest BCUT2D eigenvalue weighted by Crippen LogP contribution is 2.21. The Labute approximate surface area is 112 Å². The SMILES string of the molecule is CCN(CC(C)C)S(=O)(=O)N1CCC(CN)CC1. The summed E-state index contributed by atoms with van der Waals surface area (Å²) in [6.45, 7) is 8.99. The van der Waals surface area contributed by atoms with Crippen LogP contribution in [0.3, 0.4) is 0 Å². The fourth-order valence-corrected chi connectivity index (χ4v) is 4.14. The van der Waals surface area contributed by atoms with Crippen molar-refractivity contribution < 1.29 is 8.42 Å². The van der Waals surface area contributed by atoms with Gasteiger partial charge in [-0.3, -0.25) is 0 Å². The van der Waals surface area contributed by atoms with Crippen LogP contribution in [0.5, 0.6) is 0 Å². The van der Waals surface area contributed by atoms with Crippen LogP contribution in [0.2, 0.25) is 0 Å². The van der Waals surface area contributed by atoms with Gasteiger partial charge in [-0.1, -0.05) is 20.8 Å². The van der Waals surface area contributed by atoms with E-state index in [4.69, 9.17) is 5.73 Å². The molecule has 1 fully saturated rings. The van der Waals surface area contributed by atoms with Crippen molar-refractivity contribution in [1.82, 2.24) is 8.61 Å². The molecule has 0 aromatic carbocycles. The maximum absolute atomic E-state index is 12.5. The first-order chi connectivity index (χ1) is 8.41. The lowest BCUT2D eigenvalue weighted by Crippen LogP contribution is -2.48. The van der Waals surface area contributed by atoms with Crippen LogP contribution in [-0.4, -0.2) is 49.8 Å². The van der Waals surface area contributed by atoms with E-state index in [0.29, 0.717) is 44.6 Å². The van der Waals surface area contributed by atoms with Crippen LogP contribution in [0.15, 0.2) is 0 Å². The standard InChI is InChI=1S/C12H27N3O2S/c1-4-14(10-11(2)3)18(16,17)15-7-5-12(9-13)6-8-15/h11-12H,4-10,13H2,1-3H3. The zero-order valence-electron chi connectivity index (χ0n) is 11.8. The third-order valence-electron chi connectivity index (χ3n) is 3.48. The fraction of sp³-hybridized carbons (Fsp3) is 1.00. The zero-order valence-corrected chi connectivity index (χ0v) is 12.6. The second-order valence-corrected chi connectivity index (χ2v) is 7.36. The lowest BCUT2D eigenvalue weighted by Gasteiger charge is -2.34. The molecule has 0 aromatic heterocycles. The van der Waals surface area contributed by atoms with Gasteiger partial charge < -0.3 is 5.73 Å². The summed E-state index contributed by atoms with van der Waals surface area (Å²) in [6.07, 6.45) is 1.77. The molecule has 0 saturated carbocycles. The second kappa shape index (κ2) is 6.84. The Morgan fingerprint density at radius 3 is 2.28 bits per heavy atom. The van der Waals surface area contributed by atoms with E-state index in [2.05, 4.69) is 0 Å². The average molecular weight is 277 g/mol. The van der Waals surface area contributed by atoms with Gasteiger partial charge in [0, 0.05) is 26.2 Å². The van der Waals surface area contributed by atoms with Gasteiger partial charge in [0.2, 0.25) is 0 Å². The van der Waals surface area contributed by atoms with Crippen LogP contribution < -0.4 is 5.73 Å². The zero-order chi connectivity index (χ0) is 13.8. The highest BCUT2D eigenvalue weighted by atomic mass is 32.2. The Balaban J connectivity index is 2.68. The van der Waals surface area contributed by atoms with Crippen molar-refractivity contribution in [3.05, 3.63) is 0 Å². The van der Waals surface area contributed by atoms with E-state index in [1.54, 1.807) is 8.61 Å². The number of hydrogen-bond acceptors (Lipinski definition) is 3. The maximum Gasteiger partial charge on any atom is 0.281 e. The molecular formula is C12H27N3O2S. The summed E-state index contributed by atoms with van der Waals surface area (Å²) in [5, 5.41) is 0. The molecule has 0 amide bonds. The van der Waals surface area contributed by atoms with Gasteiger partial charge in [-0.25, -0.2) is 0 Å². The van der Waals surface area contributed by atoms with Gasteiger partial charge in [0.1, 0.15) is 0 Å². The van der Waals surface area contributed by atoms with Crippen LogP contribution in [0.1, 0.15) is 33.6 Å². The lowest BCUT2D eigenvalue weighted by molar-refractivity contribution is 0.254. The van der Waals surface area contributed by atoms with Gasteiger partial charge >= 0.3 is 0 Å². The topological polar surface area (TPSA) is 66.6 Å². The van der Waals surface area contributed by atoms with E-state index in [9.17, 15) is 8.42 Å². The van der Waals surface area contributed by atoms with Crippen LogP contribution in [-0.2, 0) is 10.2 Å². The summed E-state index contributed by atoms with van der Waals surface area (Å²) < 4.78 is 28.1. The molecule has 2 N–H and O–H groups in total. The highest BCUT2D eigenvalue weighted by Gasteiger charge is 2.31. The van der Waals surface area contributed by atoms with Gasteiger partial charge in [0.05, 0.1) is 0 Å².